The van der Waals surface area contributed by atoms with Gasteiger partial charge < -0.3 is 24.1 Å². The average molecular weight is 604 g/mol. The van der Waals surface area contributed by atoms with Crippen LogP contribution in [-0.4, -0.2) is 64.9 Å². The second-order valence-electron chi connectivity index (χ2n) is 10.0. The molecule has 0 radical (unpaired) electrons. The van der Waals surface area contributed by atoms with Crippen molar-refractivity contribution in [3.63, 3.8) is 0 Å². The topological polar surface area (TPSA) is 101 Å². The van der Waals surface area contributed by atoms with Crippen molar-refractivity contribution in [2.24, 2.45) is 0 Å². The van der Waals surface area contributed by atoms with Crippen LogP contribution in [0.5, 0.6) is 11.5 Å². The quantitative estimate of drug-likeness (QED) is 0.285. The molecule has 0 aliphatic carbocycles. The van der Waals surface area contributed by atoms with Crippen LogP contribution in [0.4, 0.5) is 5.69 Å². The highest BCUT2D eigenvalue weighted by molar-refractivity contribution is 8.00. The number of piperazine rings is 1. The molecule has 2 aliphatic heterocycles. The summed E-state index contributed by atoms with van der Waals surface area (Å²) in [6.45, 7) is 3.76. The zero-order valence-electron chi connectivity index (χ0n) is 22.7. The summed E-state index contributed by atoms with van der Waals surface area (Å²) in [5.41, 5.74) is 2.03. The number of anilines is 1. The minimum absolute atomic E-state index is 0.0707. The Kier molecular flexibility index (Phi) is 8.41. The Labute approximate surface area is 252 Å². The molecule has 3 aromatic carbocycles. The lowest BCUT2D eigenvalue weighted by molar-refractivity contribution is -0.130. The maximum atomic E-state index is 12.7. The lowest BCUT2D eigenvalue weighted by Gasteiger charge is -2.34. The summed E-state index contributed by atoms with van der Waals surface area (Å²) in [7, 11) is 0. The highest BCUT2D eigenvalue weighted by Gasteiger charge is 2.27. The largest absolute Gasteiger partial charge is 0.456 e. The normalized spacial score (nSPS) is 16.5. The van der Waals surface area contributed by atoms with Gasteiger partial charge in [0, 0.05) is 56.1 Å². The molecule has 1 unspecified atom stereocenters. The number of ether oxygens (including phenoxy) is 2. The SMILES string of the molecule is O=C(CSC1Oc2ccc(CN3CCN(C(=O)CS)CC3)cc2O1)Nc1ccc2c(=O)cc(-c3ccccc3)oc2c1. The molecule has 1 atom stereocenters. The molecule has 11 heteroatoms. The first-order valence-corrected chi connectivity index (χ1v) is 15.3. The summed E-state index contributed by atoms with van der Waals surface area (Å²) >= 11 is 5.32. The summed E-state index contributed by atoms with van der Waals surface area (Å²) in [4.78, 5) is 41.3. The van der Waals surface area contributed by atoms with Crippen molar-refractivity contribution >= 4 is 52.9 Å². The van der Waals surface area contributed by atoms with Crippen molar-refractivity contribution in [3.8, 4) is 22.8 Å². The number of carbonyl (C=O) groups is 2. The fourth-order valence-electron chi connectivity index (χ4n) is 4.97. The molecule has 9 nitrogen and oxygen atoms in total. The van der Waals surface area contributed by atoms with Crippen molar-refractivity contribution in [3.05, 3.63) is 88.6 Å². The molecule has 1 saturated heterocycles. The Morgan fingerprint density at radius 2 is 1.71 bits per heavy atom. The molecule has 1 N–H and O–H groups in total. The highest BCUT2D eigenvalue weighted by Crippen LogP contribution is 2.39. The minimum Gasteiger partial charge on any atom is -0.456 e. The van der Waals surface area contributed by atoms with Crippen LogP contribution in [0, 0.1) is 0 Å². The monoisotopic (exact) mass is 603 g/mol. The summed E-state index contributed by atoms with van der Waals surface area (Å²) < 4.78 is 17.8. The van der Waals surface area contributed by atoms with Crippen LogP contribution < -0.4 is 20.2 Å². The third-order valence-electron chi connectivity index (χ3n) is 7.14. The number of thioether (sulfide) groups is 1. The van der Waals surface area contributed by atoms with Gasteiger partial charge in [0.2, 0.25) is 11.8 Å². The van der Waals surface area contributed by atoms with E-state index in [-0.39, 0.29) is 28.7 Å². The first kappa shape index (κ1) is 28.2. The lowest BCUT2D eigenvalue weighted by Crippen LogP contribution is -2.48. The van der Waals surface area contributed by atoms with E-state index in [2.05, 4.69) is 22.8 Å². The van der Waals surface area contributed by atoms with E-state index in [9.17, 15) is 14.4 Å². The van der Waals surface area contributed by atoms with Crippen LogP contribution >= 0.6 is 24.4 Å². The molecular formula is C31H29N3O6S2. The number of hydrogen-bond acceptors (Lipinski definition) is 9. The molecule has 0 spiro atoms. The van der Waals surface area contributed by atoms with Crippen molar-refractivity contribution in [1.82, 2.24) is 9.80 Å². The van der Waals surface area contributed by atoms with E-state index in [0.29, 0.717) is 47.0 Å². The molecular weight excluding hydrogens is 574 g/mol. The van der Waals surface area contributed by atoms with Crippen LogP contribution in [-0.2, 0) is 16.1 Å². The van der Waals surface area contributed by atoms with Gasteiger partial charge in [0.25, 0.3) is 5.62 Å². The Morgan fingerprint density at radius 1 is 0.929 bits per heavy atom. The smallest absolute Gasteiger partial charge is 0.291 e. The van der Waals surface area contributed by atoms with Gasteiger partial charge in [-0.2, -0.15) is 12.6 Å². The van der Waals surface area contributed by atoms with Crippen LogP contribution in [0.15, 0.2) is 82.0 Å². The van der Waals surface area contributed by atoms with Gasteiger partial charge in [-0.25, -0.2) is 0 Å². The Hall–Kier alpha value is -3.93. The molecule has 2 aliphatic rings. The van der Waals surface area contributed by atoms with E-state index in [4.69, 9.17) is 13.9 Å². The number of nitrogens with one attached hydrogen (secondary N) is 1. The van der Waals surface area contributed by atoms with E-state index in [1.54, 1.807) is 18.2 Å². The van der Waals surface area contributed by atoms with Gasteiger partial charge in [-0.05, 0) is 29.8 Å². The van der Waals surface area contributed by atoms with E-state index < -0.39 is 5.62 Å². The molecule has 6 rings (SSSR count). The predicted molar refractivity (Wildman–Crippen MR) is 166 cm³/mol. The molecule has 3 heterocycles. The van der Waals surface area contributed by atoms with Gasteiger partial charge in [0.1, 0.15) is 11.3 Å². The highest BCUT2D eigenvalue weighted by atomic mass is 32.2. The standard InChI is InChI=1S/C31H29N3O6S2/c35-24-16-26(21-4-2-1-3-5-21)38-27-15-22(7-8-23(24)27)32-29(36)19-42-31-39-25-9-6-20(14-28(25)40-31)17-33-10-12-34(13-11-33)30(37)18-41/h1-9,14-16,31,41H,10-13,17-19H2,(H,32,36). The van der Waals surface area contributed by atoms with Gasteiger partial charge in [-0.3, -0.25) is 19.3 Å². The Bertz CT molecular complexity index is 1670. The molecule has 42 heavy (non-hydrogen) atoms. The number of nitrogens with zero attached hydrogens (tertiary/aromatic N) is 2. The number of benzene rings is 3. The number of carbonyl (C=O) groups excluding carboxylic acids is 2. The predicted octanol–water partition coefficient (Wildman–Crippen LogP) is 4.46. The van der Waals surface area contributed by atoms with Gasteiger partial charge in [0.15, 0.2) is 16.9 Å². The zero-order chi connectivity index (χ0) is 29.1. The Morgan fingerprint density at radius 3 is 2.50 bits per heavy atom. The third kappa shape index (κ3) is 6.43. The van der Waals surface area contributed by atoms with Crippen molar-refractivity contribution < 1.29 is 23.5 Å². The van der Waals surface area contributed by atoms with Crippen LogP contribution in [0.3, 0.4) is 0 Å². The van der Waals surface area contributed by atoms with E-state index in [0.717, 1.165) is 30.8 Å². The second kappa shape index (κ2) is 12.5. The molecule has 0 bridgehead atoms. The molecule has 2 amide bonds. The maximum Gasteiger partial charge on any atom is 0.291 e. The Balaban J connectivity index is 1.02. The number of thiol groups is 1. The maximum absolute atomic E-state index is 12.7. The summed E-state index contributed by atoms with van der Waals surface area (Å²) in [5, 5.41) is 3.30. The van der Waals surface area contributed by atoms with Crippen LogP contribution in [0.2, 0.25) is 0 Å². The summed E-state index contributed by atoms with van der Waals surface area (Å²) in [5.74, 6) is 1.93. The molecule has 1 fully saturated rings. The minimum atomic E-state index is -0.639. The van der Waals surface area contributed by atoms with E-state index >= 15 is 0 Å². The molecule has 1 aromatic heterocycles. The fourth-order valence-corrected chi connectivity index (χ4v) is 5.87. The van der Waals surface area contributed by atoms with Crippen LogP contribution in [0.1, 0.15) is 5.56 Å². The summed E-state index contributed by atoms with van der Waals surface area (Å²) in [6, 6.07) is 21.7. The lowest BCUT2D eigenvalue weighted by atomic mass is 10.1. The molecule has 216 valence electrons. The van der Waals surface area contributed by atoms with E-state index in [1.807, 2.05) is 53.4 Å². The average Bonchev–Trinajstić information content (AvgIpc) is 3.42. The van der Waals surface area contributed by atoms with Gasteiger partial charge in [0.05, 0.1) is 16.9 Å². The van der Waals surface area contributed by atoms with Crippen LogP contribution in [0.25, 0.3) is 22.3 Å². The molecule has 0 saturated carbocycles. The summed E-state index contributed by atoms with van der Waals surface area (Å²) in [6.07, 6.45) is 0. The first-order valence-electron chi connectivity index (χ1n) is 13.6. The fraction of sp³-hybridized carbons (Fsp3) is 0.258. The van der Waals surface area contributed by atoms with Gasteiger partial charge in [-0.15, -0.1) is 0 Å². The van der Waals surface area contributed by atoms with Gasteiger partial charge >= 0.3 is 0 Å². The van der Waals surface area contributed by atoms with Crippen molar-refractivity contribution in [2.45, 2.75) is 12.2 Å². The van der Waals surface area contributed by atoms with E-state index in [1.165, 1.54) is 17.8 Å². The van der Waals surface area contributed by atoms with Crippen molar-refractivity contribution in [2.75, 3.05) is 43.0 Å². The zero-order valence-corrected chi connectivity index (χ0v) is 24.4. The second-order valence-corrected chi connectivity index (χ2v) is 11.4. The number of hydrogen-bond donors (Lipinski definition) is 2. The number of fused-ring (bicyclic) bond motifs is 2. The van der Waals surface area contributed by atoms with Crippen molar-refractivity contribution in [1.29, 1.82) is 0 Å². The van der Waals surface area contributed by atoms with Gasteiger partial charge in [-0.1, -0.05) is 48.2 Å². The third-order valence-corrected chi connectivity index (χ3v) is 8.31. The number of rotatable bonds is 8. The number of amides is 2. The first-order chi connectivity index (χ1) is 20.4. The molecule has 4 aromatic rings.